The molecule has 0 aliphatic heterocycles. The number of aliphatic hydroxyl groups excluding tert-OH is 2. The van der Waals surface area contributed by atoms with Crippen molar-refractivity contribution >= 4 is 0 Å². The standard InChI is InChI=1S/C13H27NO2/c1-11(2)14(9-6-10-15)12-7-4-3-5-8-13(12)16/h11-13,15-16H,3-10H2,1-2H3. The van der Waals surface area contributed by atoms with Crippen LogP contribution in [0.15, 0.2) is 0 Å². The van der Waals surface area contributed by atoms with Gasteiger partial charge >= 0.3 is 0 Å². The van der Waals surface area contributed by atoms with E-state index in [9.17, 15) is 5.11 Å². The van der Waals surface area contributed by atoms with Crippen molar-refractivity contribution in [2.24, 2.45) is 0 Å². The van der Waals surface area contributed by atoms with Gasteiger partial charge in [-0.3, -0.25) is 4.90 Å². The summed E-state index contributed by atoms with van der Waals surface area (Å²) in [6.45, 7) is 5.49. The van der Waals surface area contributed by atoms with Crippen molar-refractivity contribution in [3.63, 3.8) is 0 Å². The zero-order chi connectivity index (χ0) is 12.0. The van der Waals surface area contributed by atoms with Crippen molar-refractivity contribution in [3.05, 3.63) is 0 Å². The third-order valence-electron chi connectivity index (χ3n) is 3.61. The van der Waals surface area contributed by atoms with Gasteiger partial charge in [0.15, 0.2) is 0 Å². The van der Waals surface area contributed by atoms with Gasteiger partial charge < -0.3 is 10.2 Å². The van der Waals surface area contributed by atoms with Crippen LogP contribution in [0.25, 0.3) is 0 Å². The molecule has 0 saturated heterocycles. The van der Waals surface area contributed by atoms with E-state index in [4.69, 9.17) is 5.11 Å². The molecule has 1 rings (SSSR count). The SMILES string of the molecule is CC(C)N(CCCO)C1CCCCCC1O. The fraction of sp³-hybridized carbons (Fsp3) is 1.00. The van der Waals surface area contributed by atoms with Crippen LogP contribution in [0.4, 0.5) is 0 Å². The number of hydrogen-bond acceptors (Lipinski definition) is 3. The van der Waals surface area contributed by atoms with Gasteiger partial charge in [0.1, 0.15) is 0 Å². The van der Waals surface area contributed by atoms with Gasteiger partial charge in [0, 0.05) is 25.2 Å². The molecule has 2 unspecified atom stereocenters. The minimum absolute atomic E-state index is 0.177. The lowest BCUT2D eigenvalue weighted by atomic mass is 10.0. The first-order valence-electron chi connectivity index (χ1n) is 6.71. The topological polar surface area (TPSA) is 43.7 Å². The molecule has 0 radical (unpaired) electrons. The molecule has 1 aliphatic rings. The van der Waals surface area contributed by atoms with Gasteiger partial charge in [0.05, 0.1) is 6.10 Å². The van der Waals surface area contributed by atoms with E-state index in [0.29, 0.717) is 12.1 Å². The van der Waals surface area contributed by atoms with E-state index < -0.39 is 0 Å². The van der Waals surface area contributed by atoms with Crippen LogP contribution in [-0.4, -0.2) is 46.5 Å². The lowest BCUT2D eigenvalue weighted by molar-refractivity contribution is 0.0240. The van der Waals surface area contributed by atoms with E-state index in [1.165, 1.54) is 12.8 Å². The number of nitrogens with zero attached hydrogens (tertiary/aromatic N) is 1. The van der Waals surface area contributed by atoms with Gasteiger partial charge in [0.2, 0.25) is 0 Å². The summed E-state index contributed by atoms with van der Waals surface area (Å²) in [4.78, 5) is 2.37. The van der Waals surface area contributed by atoms with E-state index in [2.05, 4.69) is 18.7 Å². The molecule has 0 amide bonds. The summed E-state index contributed by atoms with van der Waals surface area (Å²) < 4.78 is 0. The quantitative estimate of drug-likeness (QED) is 0.706. The van der Waals surface area contributed by atoms with Crippen LogP contribution in [0, 0.1) is 0 Å². The first kappa shape index (κ1) is 13.9. The molecule has 0 aromatic carbocycles. The van der Waals surface area contributed by atoms with Crippen molar-refractivity contribution in [1.82, 2.24) is 4.90 Å². The summed E-state index contributed by atoms with van der Waals surface area (Å²) in [5.41, 5.74) is 0. The second kappa shape index (κ2) is 7.25. The predicted molar refractivity (Wildman–Crippen MR) is 66.4 cm³/mol. The van der Waals surface area contributed by atoms with Crippen LogP contribution in [0.2, 0.25) is 0 Å². The smallest absolute Gasteiger partial charge is 0.0695 e. The molecular weight excluding hydrogens is 202 g/mol. The van der Waals surface area contributed by atoms with E-state index in [1.54, 1.807) is 0 Å². The van der Waals surface area contributed by atoms with Gasteiger partial charge in [-0.05, 0) is 33.1 Å². The lowest BCUT2D eigenvalue weighted by Crippen LogP contribution is -2.47. The van der Waals surface area contributed by atoms with E-state index >= 15 is 0 Å². The van der Waals surface area contributed by atoms with Gasteiger partial charge in [-0.15, -0.1) is 0 Å². The van der Waals surface area contributed by atoms with Gasteiger partial charge in [-0.2, -0.15) is 0 Å². The fourth-order valence-corrected chi connectivity index (χ4v) is 2.72. The van der Waals surface area contributed by atoms with Gasteiger partial charge in [-0.25, -0.2) is 0 Å². The average molecular weight is 229 g/mol. The molecule has 16 heavy (non-hydrogen) atoms. The Labute approximate surface area is 99.5 Å². The summed E-state index contributed by atoms with van der Waals surface area (Å²) in [6, 6.07) is 0.748. The Bertz CT molecular complexity index is 185. The highest BCUT2D eigenvalue weighted by molar-refractivity contribution is 4.83. The number of aliphatic hydroxyl groups is 2. The maximum absolute atomic E-state index is 10.2. The highest BCUT2D eigenvalue weighted by Crippen LogP contribution is 2.24. The maximum atomic E-state index is 10.2. The molecule has 2 N–H and O–H groups in total. The van der Waals surface area contributed by atoms with Crippen molar-refractivity contribution in [3.8, 4) is 0 Å². The molecule has 2 atom stereocenters. The molecule has 3 nitrogen and oxygen atoms in total. The first-order valence-corrected chi connectivity index (χ1v) is 6.71. The fourth-order valence-electron chi connectivity index (χ4n) is 2.72. The summed E-state index contributed by atoms with van der Waals surface area (Å²) in [7, 11) is 0. The van der Waals surface area contributed by atoms with Crippen molar-refractivity contribution in [2.45, 2.75) is 70.6 Å². The molecule has 0 bridgehead atoms. The average Bonchev–Trinajstić information content (AvgIpc) is 2.44. The zero-order valence-electron chi connectivity index (χ0n) is 10.7. The second-order valence-electron chi connectivity index (χ2n) is 5.18. The van der Waals surface area contributed by atoms with Crippen LogP contribution in [-0.2, 0) is 0 Å². The summed E-state index contributed by atoms with van der Waals surface area (Å²) in [5, 5.41) is 19.1. The van der Waals surface area contributed by atoms with Crippen LogP contribution >= 0.6 is 0 Å². The molecule has 0 heterocycles. The minimum atomic E-state index is -0.177. The van der Waals surface area contributed by atoms with Crippen LogP contribution in [0.3, 0.4) is 0 Å². The second-order valence-corrected chi connectivity index (χ2v) is 5.18. The van der Waals surface area contributed by atoms with E-state index in [-0.39, 0.29) is 12.7 Å². The molecule has 96 valence electrons. The third kappa shape index (κ3) is 4.04. The largest absolute Gasteiger partial charge is 0.396 e. The molecule has 1 saturated carbocycles. The van der Waals surface area contributed by atoms with Crippen LogP contribution in [0.1, 0.15) is 52.4 Å². The Hall–Kier alpha value is -0.120. The van der Waals surface area contributed by atoms with Crippen molar-refractivity contribution in [1.29, 1.82) is 0 Å². The highest BCUT2D eigenvalue weighted by Gasteiger charge is 2.28. The third-order valence-corrected chi connectivity index (χ3v) is 3.61. The first-order chi connectivity index (χ1) is 7.66. The Kier molecular flexibility index (Phi) is 6.32. The summed E-state index contributed by atoms with van der Waals surface area (Å²) in [5.74, 6) is 0. The molecule has 1 aliphatic carbocycles. The van der Waals surface area contributed by atoms with E-state index in [0.717, 1.165) is 32.2 Å². The Balaban J connectivity index is 2.58. The summed E-state index contributed by atoms with van der Waals surface area (Å²) >= 11 is 0. The normalized spacial score (nSPS) is 27.4. The Morgan fingerprint density at radius 3 is 2.50 bits per heavy atom. The number of hydrogen-bond donors (Lipinski definition) is 2. The maximum Gasteiger partial charge on any atom is 0.0695 e. The van der Waals surface area contributed by atoms with Crippen LogP contribution in [0.5, 0.6) is 0 Å². The predicted octanol–water partition coefficient (Wildman–Crippen LogP) is 1.77. The van der Waals surface area contributed by atoms with Crippen molar-refractivity contribution < 1.29 is 10.2 Å². The lowest BCUT2D eigenvalue weighted by Gasteiger charge is -2.37. The Morgan fingerprint density at radius 2 is 1.88 bits per heavy atom. The summed E-state index contributed by atoms with van der Waals surface area (Å²) in [6.07, 6.45) is 6.30. The Morgan fingerprint density at radius 1 is 1.19 bits per heavy atom. The zero-order valence-corrected chi connectivity index (χ0v) is 10.7. The van der Waals surface area contributed by atoms with Gasteiger partial charge in [-0.1, -0.05) is 19.3 Å². The molecular formula is C13H27NO2. The molecule has 0 aromatic rings. The number of rotatable bonds is 5. The monoisotopic (exact) mass is 229 g/mol. The molecule has 0 aromatic heterocycles. The van der Waals surface area contributed by atoms with Gasteiger partial charge in [0.25, 0.3) is 0 Å². The van der Waals surface area contributed by atoms with Crippen LogP contribution < -0.4 is 0 Å². The molecule has 1 fully saturated rings. The molecule has 0 spiro atoms. The highest BCUT2D eigenvalue weighted by atomic mass is 16.3. The van der Waals surface area contributed by atoms with E-state index in [1.807, 2.05) is 0 Å². The minimum Gasteiger partial charge on any atom is -0.396 e. The molecule has 3 heteroatoms. The van der Waals surface area contributed by atoms with Crippen molar-refractivity contribution in [2.75, 3.05) is 13.2 Å².